The monoisotopic (exact) mass is 329 g/mol. The minimum absolute atomic E-state index is 0.00105. The molecular weight excluding hydrogens is 314 g/mol. The average Bonchev–Trinajstić information content (AvgIpc) is 2.85. The number of nitrogens with two attached hydrogens (primary N) is 1. The fraction of sp³-hybridized carbons (Fsp3) is 0.333. The summed E-state index contributed by atoms with van der Waals surface area (Å²) in [5.41, 5.74) is 6.22. The van der Waals surface area contributed by atoms with Crippen molar-refractivity contribution in [3.05, 3.63) is 40.9 Å². The van der Waals surface area contributed by atoms with Gasteiger partial charge in [0.05, 0.1) is 11.1 Å². The molecule has 0 spiro atoms. The van der Waals surface area contributed by atoms with E-state index in [1.54, 1.807) is 24.6 Å². The molecule has 3 N–H and O–H groups in total. The van der Waals surface area contributed by atoms with Crippen molar-refractivity contribution in [3.63, 3.8) is 0 Å². The van der Waals surface area contributed by atoms with Gasteiger partial charge in [-0.3, -0.25) is 0 Å². The van der Waals surface area contributed by atoms with Crippen molar-refractivity contribution < 1.29 is 8.42 Å². The first-order valence-corrected chi connectivity index (χ1v) is 8.06. The summed E-state index contributed by atoms with van der Waals surface area (Å²) >= 11 is 5.98. The number of halogens is 1. The van der Waals surface area contributed by atoms with E-state index >= 15 is 0 Å². The summed E-state index contributed by atoms with van der Waals surface area (Å²) < 4.78 is 29.1. The zero-order chi connectivity index (χ0) is 15.6. The molecule has 0 saturated carbocycles. The van der Waals surface area contributed by atoms with Gasteiger partial charge in [-0.05, 0) is 24.6 Å². The third kappa shape index (κ3) is 3.41. The van der Waals surface area contributed by atoms with Crippen LogP contribution in [0.2, 0.25) is 5.02 Å². The van der Waals surface area contributed by atoms with Crippen molar-refractivity contribution in [2.24, 2.45) is 12.8 Å². The second kappa shape index (κ2) is 6.10. The Morgan fingerprint density at radius 2 is 2.19 bits per heavy atom. The molecule has 1 aromatic carbocycles. The van der Waals surface area contributed by atoms with Crippen molar-refractivity contribution in [1.82, 2.24) is 19.5 Å². The lowest BCUT2D eigenvalue weighted by Crippen LogP contribution is -2.29. The molecule has 7 nitrogen and oxygen atoms in total. The molecule has 0 aliphatic rings. The molecule has 2 aromatic rings. The molecule has 0 fully saturated rings. The van der Waals surface area contributed by atoms with Gasteiger partial charge in [-0.25, -0.2) is 13.1 Å². The second-order valence-corrected chi connectivity index (χ2v) is 6.70. The van der Waals surface area contributed by atoms with Crippen LogP contribution in [0.15, 0.2) is 29.4 Å². The highest BCUT2D eigenvalue weighted by atomic mass is 35.5. The molecule has 0 aliphatic heterocycles. The highest BCUT2D eigenvalue weighted by molar-refractivity contribution is 7.89. The summed E-state index contributed by atoms with van der Waals surface area (Å²) in [4.78, 5) is 0.00105. The van der Waals surface area contributed by atoms with Crippen LogP contribution in [0.3, 0.4) is 0 Å². The minimum atomic E-state index is -3.78. The van der Waals surface area contributed by atoms with Crippen molar-refractivity contribution in [2.75, 3.05) is 0 Å². The normalized spacial score (nSPS) is 13.3. The van der Waals surface area contributed by atoms with Crippen LogP contribution in [0.5, 0.6) is 0 Å². The SMILES string of the molecule is CC(NS(=O)(=O)c1cc(CN)ccc1Cl)c1nncn1C. The molecule has 1 atom stereocenters. The third-order valence-corrected chi connectivity index (χ3v) is 5.01. The molecule has 21 heavy (non-hydrogen) atoms. The van der Waals surface area contributed by atoms with Gasteiger partial charge in [0, 0.05) is 13.6 Å². The van der Waals surface area contributed by atoms with Crippen molar-refractivity contribution in [2.45, 2.75) is 24.4 Å². The smallest absolute Gasteiger partial charge is 0.242 e. The third-order valence-electron chi connectivity index (χ3n) is 2.99. The molecule has 0 amide bonds. The minimum Gasteiger partial charge on any atom is -0.326 e. The molecule has 1 unspecified atom stereocenters. The largest absolute Gasteiger partial charge is 0.326 e. The fourth-order valence-electron chi connectivity index (χ4n) is 1.91. The van der Waals surface area contributed by atoms with Crippen LogP contribution in [-0.4, -0.2) is 23.2 Å². The maximum atomic E-state index is 12.4. The first-order valence-electron chi connectivity index (χ1n) is 6.20. The average molecular weight is 330 g/mol. The molecule has 1 aromatic heterocycles. The molecule has 0 bridgehead atoms. The summed E-state index contributed by atoms with van der Waals surface area (Å²) in [5.74, 6) is 0.504. The van der Waals surface area contributed by atoms with E-state index in [2.05, 4.69) is 14.9 Å². The predicted octanol–water partition coefficient (Wildman–Crippen LogP) is 0.967. The van der Waals surface area contributed by atoms with Gasteiger partial charge in [0.15, 0.2) is 0 Å². The van der Waals surface area contributed by atoms with Crippen LogP contribution < -0.4 is 10.5 Å². The number of hydrogen-bond donors (Lipinski definition) is 2. The number of rotatable bonds is 5. The predicted molar refractivity (Wildman–Crippen MR) is 79.1 cm³/mol. The molecule has 0 aliphatic carbocycles. The van der Waals surface area contributed by atoms with E-state index in [0.29, 0.717) is 11.4 Å². The molecule has 0 saturated heterocycles. The van der Waals surface area contributed by atoms with E-state index in [0.717, 1.165) is 0 Å². The number of sulfonamides is 1. The summed E-state index contributed by atoms with van der Waals surface area (Å²) in [6.07, 6.45) is 1.50. The lowest BCUT2D eigenvalue weighted by atomic mass is 10.2. The van der Waals surface area contributed by atoms with Crippen LogP contribution in [0.1, 0.15) is 24.4 Å². The zero-order valence-electron chi connectivity index (χ0n) is 11.6. The zero-order valence-corrected chi connectivity index (χ0v) is 13.2. The van der Waals surface area contributed by atoms with Gasteiger partial charge >= 0.3 is 0 Å². The van der Waals surface area contributed by atoms with E-state index in [1.807, 2.05) is 0 Å². The van der Waals surface area contributed by atoms with Gasteiger partial charge in [-0.2, -0.15) is 0 Å². The summed E-state index contributed by atoms with van der Waals surface area (Å²) in [5, 5.41) is 7.75. The Hall–Kier alpha value is -1.48. The lowest BCUT2D eigenvalue weighted by molar-refractivity contribution is 0.553. The Morgan fingerprint density at radius 3 is 2.76 bits per heavy atom. The fourth-order valence-corrected chi connectivity index (χ4v) is 3.67. The molecule has 114 valence electrons. The summed E-state index contributed by atoms with van der Waals surface area (Å²) in [6, 6.07) is 4.13. The number of aromatic nitrogens is 3. The van der Waals surface area contributed by atoms with E-state index in [1.165, 1.54) is 18.5 Å². The molecule has 1 heterocycles. The van der Waals surface area contributed by atoms with Crippen LogP contribution in [-0.2, 0) is 23.6 Å². The van der Waals surface area contributed by atoms with Crippen LogP contribution in [0.25, 0.3) is 0 Å². The van der Waals surface area contributed by atoms with Crippen LogP contribution >= 0.6 is 11.6 Å². The Balaban J connectivity index is 2.33. The van der Waals surface area contributed by atoms with Crippen molar-refractivity contribution in [3.8, 4) is 0 Å². The number of aryl methyl sites for hydroxylation is 1. The van der Waals surface area contributed by atoms with Gasteiger partial charge < -0.3 is 10.3 Å². The molecule has 0 radical (unpaired) electrons. The lowest BCUT2D eigenvalue weighted by Gasteiger charge is -2.14. The Morgan fingerprint density at radius 1 is 1.48 bits per heavy atom. The van der Waals surface area contributed by atoms with Gasteiger partial charge in [0.25, 0.3) is 0 Å². The van der Waals surface area contributed by atoms with Crippen LogP contribution in [0.4, 0.5) is 0 Å². The van der Waals surface area contributed by atoms with E-state index in [-0.39, 0.29) is 16.5 Å². The van der Waals surface area contributed by atoms with Gasteiger partial charge in [-0.15, -0.1) is 10.2 Å². The number of nitrogens with one attached hydrogen (secondary N) is 1. The second-order valence-electron chi connectivity index (χ2n) is 4.61. The maximum Gasteiger partial charge on any atom is 0.242 e. The van der Waals surface area contributed by atoms with E-state index in [9.17, 15) is 8.42 Å². The van der Waals surface area contributed by atoms with Crippen molar-refractivity contribution in [1.29, 1.82) is 0 Å². The van der Waals surface area contributed by atoms with E-state index in [4.69, 9.17) is 17.3 Å². The summed E-state index contributed by atoms with van der Waals surface area (Å²) in [6.45, 7) is 1.92. The van der Waals surface area contributed by atoms with Gasteiger partial charge in [-0.1, -0.05) is 17.7 Å². The molecular formula is C12H16ClN5O2S. The Kier molecular flexibility index (Phi) is 4.62. The maximum absolute atomic E-state index is 12.4. The quantitative estimate of drug-likeness (QED) is 0.850. The highest BCUT2D eigenvalue weighted by Gasteiger charge is 2.23. The molecule has 9 heteroatoms. The highest BCUT2D eigenvalue weighted by Crippen LogP contribution is 2.24. The molecule has 2 rings (SSSR count). The van der Waals surface area contributed by atoms with E-state index < -0.39 is 16.1 Å². The first-order chi connectivity index (χ1) is 9.85. The number of benzene rings is 1. The van der Waals surface area contributed by atoms with Gasteiger partial charge in [0.1, 0.15) is 17.0 Å². The topological polar surface area (TPSA) is 103 Å². The summed E-state index contributed by atoms with van der Waals surface area (Å²) in [7, 11) is -2.05. The number of hydrogen-bond acceptors (Lipinski definition) is 5. The standard InChI is InChI=1S/C12H16ClN5O2S/c1-8(12-16-15-7-18(12)2)17-21(19,20)11-5-9(6-14)3-4-10(11)13/h3-5,7-8,17H,6,14H2,1-2H3. The Bertz CT molecular complexity index is 744. The van der Waals surface area contributed by atoms with Gasteiger partial charge in [0.2, 0.25) is 10.0 Å². The van der Waals surface area contributed by atoms with Crippen molar-refractivity contribution >= 4 is 21.6 Å². The first kappa shape index (κ1) is 15.9. The number of nitrogens with zero attached hydrogens (tertiary/aromatic N) is 3. The Labute approximate surface area is 128 Å². The van der Waals surface area contributed by atoms with Crippen LogP contribution in [0, 0.1) is 0 Å².